The summed E-state index contributed by atoms with van der Waals surface area (Å²) in [6.07, 6.45) is 6.58. The predicted molar refractivity (Wildman–Crippen MR) is 148 cm³/mol. The Bertz CT molecular complexity index is 1530. The molecule has 0 unspecified atom stereocenters. The van der Waals surface area contributed by atoms with E-state index < -0.39 is 15.9 Å². The summed E-state index contributed by atoms with van der Waals surface area (Å²) in [7, 11) is -3.97. The molecule has 2 aromatic heterocycles. The van der Waals surface area contributed by atoms with Crippen LogP contribution in [-0.2, 0) is 15.6 Å². The minimum absolute atomic E-state index is 0.00277. The Morgan fingerprint density at radius 2 is 1.76 bits per heavy atom. The van der Waals surface area contributed by atoms with Crippen molar-refractivity contribution in [3.05, 3.63) is 78.2 Å². The number of thioether (sulfide) groups is 1. The van der Waals surface area contributed by atoms with Crippen LogP contribution in [0.2, 0.25) is 0 Å². The lowest BCUT2D eigenvalue weighted by Gasteiger charge is -2.13. The lowest BCUT2D eigenvalue weighted by Crippen LogP contribution is -2.22. The first-order chi connectivity index (χ1) is 18.4. The number of imidazole rings is 1. The first kappa shape index (κ1) is 26.1. The number of sulfone groups is 1. The zero-order valence-electron chi connectivity index (χ0n) is 20.2. The van der Waals surface area contributed by atoms with E-state index in [1.807, 2.05) is 30.3 Å². The van der Waals surface area contributed by atoms with E-state index >= 15 is 0 Å². The smallest absolute Gasteiger partial charge is 0.325 e. The van der Waals surface area contributed by atoms with E-state index in [9.17, 15) is 18.0 Å². The van der Waals surface area contributed by atoms with Crippen molar-refractivity contribution in [2.75, 3.05) is 10.6 Å². The second-order valence-corrected chi connectivity index (χ2v) is 12.8. The molecule has 1 aliphatic carbocycles. The van der Waals surface area contributed by atoms with Gasteiger partial charge >= 0.3 is 6.03 Å². The Hall–Kier alpha value is -3.48. The van der Waals surface area contributed by atoms with Crippen molar-refractivity contribution < 1.29 is 18.0 Å². The number of carbonyl (C=O) groups is 2. The fraction of sp³-hybridized carbons (Fsp3) is 0.231. The van der Waals surface area contributed by atoms with Gasteiger partial charge in [-0.05, 0) is 37.1 Å². The highest BCUT2D eigenvalue weighted by molar-refractivity contribution is 7.98. The van der Waals surface area contributed by atoms with E-state index in [1.165, 1.54) is 24.2 Å². The van der Waals surface area contributed by atoms with Crippen molar-refractivity contribution >= 4 is 55.6 Å². The second kappa shape index (κ2) is 11.5. The van der Waals surface area contributed by atoms with Gasteiger partial charge in [-0.25, -0.2) is 23.2 Å². The van der Waals surface area contributed by atoms with Gasteiger partial charge in [-0.1, -0.05) is 54.5 Å². The third kappa shape index (κ3) is 5.82. The van der Waals surface area contributed by atoms with Crippen molar-refractivity contribution in [1.29, 1.82) is 0 Å². The number of carbonyl (C=O) groups excluding carboxylic acids is 2. The van der Waals surface area contributed by atoms with Crippen LogP contribution in [0.4, 0.5) is 15.6 Å². The molecule has 1 fully saturated rings. The maximum absolute atomic E-state index is 13.3. The highest BCUT2D eigenvalue weighted by atomic mass is 32.2. The molecule has 0 bridgehead atoms. The molecule has 0 spiro atoms. The van der Waals surface area contributed by atoms with Crippen molar-refractivity contribution in [3.63, 3.8) is 0 Å². The van der Waals surface area contributed by atoms with E-state index in [0.717, 1.165) is 41.9 Å². The predicted octanol–water partition coefficient (Wildman–Crippen LogP) is 6.01. The molecule has 3 N–H and O–H groups in total. The Labute approximate surface area is 228 Å². The van der Waals surface area contributed by atoms with E-state index in [1.54, 1.807) is 24.3 Å². The lowest BCUT2D eigenvalue weighted by atomic mass is 9.95. The van der Waals surface area contributed by atoms with Crippen LogP contribution in [0.5, 0.6) is 0 Å². The molecule has 12 heteroatoms. The summed E-state index contributed by atoms with van der Waals surface area (Å²) in [5.41, 5.74) is 1.18. The third-order valence-electron chi connectivity index (χ3n) is 6.14. The fourth-order valence-corrected chi connectivity index (χ4v) is 8.01. The molecule has 0 saturated heterocycles. The number of nitrogens with one attached hydrogen (secondary N) is 3. The van der Waals surface area contributed by atoms with Gasteiger partial charge in [-0.3, -0.25) is 10.1 Å². The summed E-state index contributed by atoms with van der Waals surface area (Å²) in [4.78, 5) is 37.9. The maximum atomic E-state index is 13.3. The van der Waals surface area contributed by atoms with Gasteiger partial charge < -0.3 is 10.3 Å². The number of Topliss-reactive ketones (excluding diaryl/α,β-unsaturated/α-hetero) is 1. The number of ketones is 1. The van der Waals surface area contributed by atoms with Crippen molar-refractivity contribution in [2.24, 2.45) is 5.92 Å². The maximum Gasteiger partial charge on any atom is 0.325 e. The summed E-state index contributed by atoms with van der Waals surface area (Å²) in [5.74, 6) is 0.274. The number of para-hydroxylation sites is 1. The highest BCUT2D eigenvalue weighted by Crippen LogP contribution is 2.35. The van der Waals surface area contributed by atoms with Gasteiger partial charge in [0.1, 0.15) is 0 Å². The van der Waals surface area contributed by atoms with Gasteiger partial charge in [0.25, 0.3) is 9.84 Å². The van der Waals surface area contributed by atoms with E-state index in [4.69, 9.17) is 0 Å². The number of nitrogens with zero attached hydrogens (tertiary/aromatic N) is 2. The first-order valence-corrected chi connectivity index (χ1v) is 15.3. The summed E-state index contributed by atoms with van der Waals surface area (Å²) in [6, 6.07) is 15.8. The van der Waals surface area contributed by atoms with Crippen molar-refractivity contribution in [1.82, 2.24) is 15.0 Å². The molecule has 1 aliphatic rings. The highest BCUT2D eigenvalue weighted by Gasteiger charge is 2.29. The number of anilines is 2. The van der Waals surface area contributed by atoms with Crippen molar-refractivity contribution in [3.8, 4) is 0 Å². The number of hydrogen-bond donors (Lipinski definition) is 3. The second-order valence-electron chi connectivity index (χ2n) is 8.72. The molecule has 2 aromatic carbocycles. The van der Waals surface area contributed by atoms with E-state index in [-0.39, 0.29) is 32.0 Å². The van der Waals surface area contributed by atoms with Gasteiger partial charge in [-0.15, -0.1) is 11.8 Å². The van der Waals surface area contributed by atoms with E-state index in [0.29, 0.717) is 16.9 Å². The van der Waals surface area contributed by atoms with Crippen LogP contribution in [0.1, 0.15) is 41.7 Å². The average molecular weight is 568 g/mol. The molecule has 2 amide bonds. The van der Waals surface area contributed by atoms with Crippen LogP contribution in [0.25, 0.3) is 0 Å². The summed E-state index contributed by atoms with van der Waals surface area (Å²) in [5, 5.41) is 5.31. The number of aromatic amines is 1. The van der Waals surface area contributed by atoms with Crippen LogP contribution in [-0.4, -0.2) is 35.2 Å². The third-order valence-corrected chi connectivity index (χ3v) is 10.3. The number of rotatable bonds is 9. The van der Waals surface area contributed by atoms with E-state index in [2.05, 4.69) is 25.6 Å². The average Bonchev–Trinajstić information content (AvgIpc) is 3.71. The molecule has 0 atom stereocenters. The minimum Gasteiger partial charge on any atom is -0.335 e. The topological polar surface area (TPSA) is 134 Å². The quantitative estimate of drug-likeness (QED) is 0.167. The van der Waals surface area contributed by atoms with Crippen LogP contribution in [0.15, 0.2) is 81.3 Å². The zero-order valence-corrected chi connectivity index (χ0v) is 22.7. The lowest BCUT2D eigenvalue weighted by molar-refractivity contribution is 0.0923. The van der Waals surface area contributed by atoms with Crippen molar-refractivity contribution in [2.45, 2.75) is 45.7 Å². The molecular weight excluding hydrogens is 543 g/mol. The largest absolute Gasteiger partial charge is 0.335 e. The van der Waals surface area contributed by atoms with Crippen LogP contribution in [0.3, 0.4) is 0 Å². The Balaban J connectivity index is 1.37. The van der Waals surface area contributed by atoms with Crippen LogP contribution < -0.4 is 10.6 Å². The minimum atomic E-state index is -3.97. The number of urea groups is 1. The number of thiazole rings is 1. The monoisotopic (exact) mass is 567 g/mol. The number of H-pyrrole nitrogens is 1. The molecule has 4 aromatic rings. The van der Waals surface area contributed by atoms with Crippen LogP contribution in [0, 0.1) is 5.92 Å². The summed E-state index contributed by atoms with van der Waals surface area (Å²) >= 11 is 2.29. The molecule has 0 radical (unpaired) electrons. The summed E-state index contributed by atoms with van der Waals surface area (Å²) in [6.45, 7) is 0. The van der Waals surface area contributed by atoms with Gasteiger partial charge in [0.05, 0.1) is 11.4 Å². The molecular formula is C26H25N5O4S3. The normalized spacial score (nSPS) is 13.9. The molecule has 196 valence electrons. The summed E-state index contributed by atoms with van der Waals surface area (Å²) < 4.78 is 26.5. The number of amides is 2. The molecule has 38 heavy (non-hydrogen) atoms. The Morgan fingerprint density at radius 3 is 2.50 bits per heavy atom. The Morgan fingerprint density at radius 1 is 1.03 bits per heavy atom. The number of hydrogen-bond acceptors (Lipinski definition) is 8. The van der Waals surface area contributed by atoms with Gasteiger partial charge in [0.15, 0.2) is 15.1 Å². The molecule has 9 nitrogen and oxygen atoms in total. The van der Waals surface area contributed by atoms with Gasteiger partial charge in [0, 0.05) is 34.5 Å². The van der Waals surface area contributed by atoms with Gasteiger partial charge in [-0.2, -0.15) is 0 Å². The molecule has 5 rings (SSSR count). The Kier molecular flexibility index (Phi) is 7.91. The molecule has 0 aliphatic heterocycles. The number of aromatic nitrogens is 3. The van der Waals surface area contributed by atoms with Gasteiger partial charge in [0.2, 0.25) is 5.16 Å². The number of benzene rings is 2. The molecule has 1 saturated carbocycles. The molecule has 2 heterocycles. The SMILES string of the molecule is O=C(Nc1nc(CSc2ccccc2)c(S(=O)(=O)c2ncc[nH]2)s1)Nc1ccccc1C(=O)C1CCCC1. The zero-order chi connectivity index (χ0) is 26.5. The standard InChI is InChI=1S/C26H25N5O4S3/c32-22(17-8-4-5-9-17)19-12-6-7-13-20(19)29-24(33)31-25-30-21(16-36-18-10-2-1-3-11-18)23(37-25)38(34,35)26-27-14-15-28-26/h1-3,6-7,10-15,17H,4-5,8-9,16H2,(H,27,28)(H2,29,30,31,33). The fourth-order valence-electron chi connectivity index (χ4n) is 4.31. The first-order valence-electron chi connectivity index (χ1n) is 12.0. The van der Waals surface area contributed by atoms with Crippen LogP contribution >= 0.6 is 23.1 Å².